The van der Waals surface area contributed by atoms with E-state index in [2.05, 4.69) is 51.5 Å². The third kappa shape index (κ3) is 13.9. The minimum atomic E-state index is -4.98. The van der Waals surface area contributed by atoms with Crippen LogP contribution in [0.2, 0.25) is 0 Å². The van der Waals surface area contributed by atoms with E-state index in [0.717, 1.165) is 52.4 Å². The smallest absolute Gasteiger partial charge is 0.744 e. The van der Waals surface area contributed by atoms with Crippen molar-refractivity contribution in [3.8, 4) is 17.3 Å². The molecule has 72 heavy (non-hydrogen) atoms. The summed E-state index contributed by atoms with van der Waals surface area (Å²) in [5.41, 5.74) is 1.57. The number of nitrogens with one attached hydrogen (secondary N) is 2. The average Bonchev–Trinajstić information content (AvgIpc) is 3.72. The second-order valence-electron chi connectivity index (χ2n) is 14.1. The van der Waals surface area contributed by atoms with Crippen LogP contribution in [0.4, 0.5) is 44.5 Å². The average molecular weight is 1040 g/mol. The molecular formula is C42H25Li4N9O12S5. The molecule has 0 saturated carbocycles. The molecule has 0 amide bonds. The summed E-state index contributed by atoms with van der Waals surface area (Å²) < 4.78 is 111. The number of nitrogens with zero attached hydrogens (tertiary/aromatic N) is 7. The maximum Gasteiger partial charge on any atom is 1.00 e. The Kier molecular flexibility index (Phi) is 20.8. The Morgan fingerprint density at radius 3 is 1.85 bits per heavy atom. The third-order valence-electron chi connectivity index (χ3n) is 9.77. The van der Waals surface area contributed by atoms with Gasteiger partial charge in [0.25, 0.3) is 0 Å². The number of fused-ring (bicyclic) bond motifs is 2. The van der Waals surface area contributed by atoms with E-state index in [4.69, 9.17) is 4.98 Å². The van der Waals surface area contributed by atoms with E-state index in [1.165, 1.54) is 48.5 Å². The number of azo groups is 2. The second-order valence-corrected chi connectivity index (χ2v) is 19.9. The van der Waals surface area contributed by atoms with Gasteiger partial charge in [0.15, 0.2) is 16.6 Å². The Hall–Kier alpha value is -4.74. The van der Waals surface area contributed by atoms with Crippen molar-refractivity contribution in [3.05, 3.63) is 132 Å². The number of hydrogen-bond acceptors (Lipinski definition) is 23. The summed E-state index contributed by atoms with van der Waals surface area (Å²) in [6, 6.07) is 31.3. The number of aromatic nitrogens is 2. The van der Waals surface area contributed by atoms with Crippen LogP contribution in [-0.4, -0.2) is 48.9 Å². The van der Waals surface area contributed by atoms with Crippen molar-refractivity contribution in [1.29, 1.82) is 5.26 Å². The van der Waals surface area contributed by atoms with Gasteiger partial charge < -0.3 is 29.5 Å². The van der Waals surface area contributed by atoms with Crippen LogP contribution >= 0.6 is 23.4 Å². The van der Waals surface area contributed by atoms with Gasteiger partial charge in [0, 0.05) is 32.8 Å². The summed E-state index contributed by atoms with van der Waals surface area (Å²) in [7, 11) is -14.5. The summed E-state index contributed by atoms with van der Waals surface area (Å²) in [6.45, 7) is 1.54. The van der Waals surface area contributed by atoms with Gasteiger partial charge in [0.2, 0.25) is 5.13 Å². The topological polar surface area (TPSA) is 336 Å². The van der Waals surface area contributed by atoms with E-state index in [1.54, 1.807) is 13.0 Å². The second kappa shape index (κ2) is 25.0. The molecule has 0 fully saturated rings. The fraction of sp³-hybridized carbons (Fsp3) is 0.0238. The zero-order chi connectivity index (χ0) is 48.4. The summed E-state index contributed by atoms with van der Waals surface area (Å²) in [5.74, 6) is -0.0768. The predicted octanol–water partition coefficient (Wildman–Crippen LogP) is -3.03. The maximum atomic E-state index is 12.2. The molecule has 0 spiro atoms. The molecule has 0 bridgehead atoms. The number of pyridine rings is 1. The molecule has 6 aromatic carbocycles. The first-order valence-corrected chi connectivity index (χ1v) is 24.8. The quantitative estimate of drug-likeness (QED) is 0.0258. The van der Waals surface area contributed by atoms with Gasteiger partial charge in [-0.05, 0) is 95.9 Å². The predicted molar refractivity (Wildman–Crippen MR) is 242 cm³/mol. The number of nitriles is 1. The molecule has 0 aliphatic heterocycles. The van der Waals surface area contributed by atoms with Gasteiger partial charge in [0.1, 0.15) is 47.8 Å². The molecule has 2 N–H and O–H groups in total. The van der Waals surface area contributed by atoms with Gasteiger partial charge in [-0.2, -0.15) is 9.60 Å². The van der Waals surface area contributed by atoms with E-state index < -0.39 is 45.0 Å². The van der Waals surface area contributed by atoms with Gasteiger partial charge >= 0.3 is 75.4 Å². The Balaban J connectivity index is 0.00000281. The molecule has 8 rings (SSSR count). The Morgan fingerprint density at radius 2 is 1.26 bits per heavy atom. The first kappa shape index (κ1) is 59.8. The van der Waals surface area contributed by atoms with Crippen LogP contribution in [0.15, 0.2) is 161 Å². The molecular weight excluding hydrogens is 1010 g/mol. The Bertz CT molecular complexity index is 3760. The van der Waals surface area contributed by atoms with Crippen molar-refractivity contribution in [1.82, 2.24) is 9.97 Å². The number of anilines is 4. The summed E-state index contributed by atoms with van der Waals surface area (Å²) in [4.78, 5) is 7.92. The Morgan fingerprint density at radius 1 is 0.653 bits per heavy atom. The molecule has 0 atom stereocenters. The van der Waals surface area contributed by atoms with E-state index >= 15 is 0 Å². The number of benzene rings is 6. The number of thiazole rings is 1. The third-order valence-corrected chi connectivity index (χ3v) is 13.8. The molecule has 2 aromatic heterocycles. The van der Waals surface area contributed by atoms with Gasteiger partial charge in [0.05, 0.1) is 38.0 Å². The van der Waals surface area contributed by atoms with Crippen LogP contribution in [0.25, 0.3) is 32.8 Å². The van der Waals surface area contributed by atoms with Gasteiger partial charge in [-0.1, -0.05) is 59.9 Å². The summed E-state index contributed by atoms with van der Waals surface area (Å²) in [5, 5.41) is 50.4. The van der Waals surface area contributed by atoms with Crippen LogP contribution in [-0.2, 0) is 39.7 Å². The molecule has 21 nitrogen and oxygen atoms in total. The van der Waals surface area contributed by atoms with Crippen LogP contribution in [0.1, 0.15) is 11.1 Å². The molecule has 30 heteroatoms. The first-order chi connectivity index (χ1) is 32.4. The minimum Gasteiger partial charge on any atom is -0.744 e. The maximum absolute atomic E-state index is 12.2. The van der Waals surface area contributed by atoms with Gasteiger partial charge in [-0.15, -0.1) is 20.5 Å². The van der Waals surface area contributed by atoms with Gasteiger partial charge in [-0.3, -0.25) is 5.04 Å². The molecule has 2 heterocycles. The largest absolute Gasteiger partial charge is 1.00 e. The van der Waals surface area contributed by atoms with Crippen LogP contribution in [0.5, 0.6) is 0 Å². The molecule has 0 saturated heterocycles. The van der Waals surface area contributed by atoms with Crippen LogP contribution in [0, 0.1) is 18.3 Å². The van der Waals surface area contributed by atoms with E-state index in [0.29, 0.717) is 17.6 Å². The monoisotopic (exact) mass is 1040 g/mol. The fourth-order valence-electron chi connectivity index (χ4n) is 6.65. The molecule has 8 aromatic rings. The minimum absolute atomic E-state index is 0. The van der Waals surface area contributed by atoms with E-state index in [9.17, 15) is 49.4 Å². The van der Waals surface area contributed by atoms with Crippen molar-refractivity contribution < 1.29 is 129 Å². The van der Waals surface area contributed by atoms with Crippen molar-refractivity contribution in [2.75, 3.05) is 10.6 Å². The van der Waals surface area contributed by atoms with Crippen LogP contribution < -0.4 is 91.3 Å². The molecule has 0 radical (unpaired) electrons. The summed E-state index contributed by atoms with van der Waals surface area (Å²) >= 11 is 1.38. The first-order valence-electron chi connectivity index (χ1n) is 19.0. The van der Waals surface area contributed by atoms with Gasteiger partial charge in [-0.25, -0.2) is 35.2 Å². The normalized spacial score (nSPS) is 11.6. The van der Waals surface area contributed by atoms with Crippen LogP contribution in [0.3, 0.4) is 0 Å². The summed E-state index contributed by atoms with van der Waals surface area (Å²) in [6.07, 6.45) is 0. The SMILES string of the molecule is Cc1c(C#N)c(Nc2ccc(S(=O)(=O)[O-])cc2)nc(Nc2ccc(S(=O)(=O)[O-])cc2)c1N=Nc1nc(-c2ccc3ccccc3c2)c(N=Nc2cc(SOO[O-])c3cccc(S(=O)(=O)[O-])c3c2)s1.[Li+].[Li+].[Li+].[Li+]. The fourth-order valence-corrected chi connectivity index (χ4v) is 9.54. The number of hydrogen-bond donors (Lipinski definition) is 2. The molecule has 0 aliphatic carbocycles. The molecule has 0 unspecified atom stereocenters. The standard InChI is InChI=1S/C42H29N9O12S5.4Li/c1-23-34(22-43)39(44-27-11-15-30(16-12-27)66(53,54)55)47-40(45-28-13-17-31(18-14-28)67(56,57)58)37(23)49-51-42-46-38(26-10-9-24-5-2-3-6-25(24)19-26)41(64-42)50-48-29-20-33-32(35(21-29)65-63-62-52)7-4-8-36(33)68(59,60)61;;;;/h2-21,52H,1H3,(H2,44,45,47)(H,53,54,55)(H,56,57,58)(H,59,60,61);;;;/q;4*+1/p-4. The molecule has 0 aliphatic rings. The Labute approximate surface area is 467 Å². The molecule has 344 valence electrons. The van der Waals surface area contributed by atoms with Crippen molar-refractivity contribution in [2.24, 2.45) is 20.5 Å². The zero-order valence-corrected chi connectivity index (χ0v) is 42.2. The number of rotatable bonds is 15. The van der Waals surface area contributed by atoms with Crippen molar-refractivity contribution >= 4 is 120 Å². The van der Waals surface area contributed by atoms with E-state index in [1.807, 2.05) is 36.4 Å². The van der Waals surface area contributed by atoms with E-state index in [-0.39, 0.29) is 152 Å². The zero-order valence-electron chi connectivity index (χ0n) is 38.1. The van der Waals surface area contributed by atoms with Crippen molar-refractivity contribution in [3.63, 3.8) is 0 Å². The van der Waals surface area contributed by atoms with Crippen molar-refractivity contribution in [2.45, 2.75) is 26.5 Å².